The third kappa shape index (κ3) is 5.46. The highest BCUT2D eigenvalue weighted by Gasteiger charge is 2.30. The Kier molecular flexibility index (Phi) is 5.76. The van der Waals surface area contributed by atoms with Gasteiger partial charge in [0.2, 0.25) is 10.0 Å². The van der Waals surface area contributed by atoms with Crippen LogP contribution in [0.15, 0.2) is 0 Å². The average Bonchev–Trinajstić information content (AvgIpc) is 2.50. The molecule has 0 amide bonds. The molecule has 0 spiro atoms. The summed E-state index contributed by atoms with van der Waals surface area (Å²) < 4.78 is 30.1. The van der Waals surface area contributed by atoms with E-state index in [1.165, 1.54) is 11.4 Å². The summed E-state index contributed by atoms with van der Waals surface area (Å²) in [6.45, 7) is 2.52. The zero-order chi connectivity index (χ0) is 14.5. The molecule has 1 aliphatic rings. The van der Waals surface area contributed by atoms with E-state index in [0.717, 1.165) is 0 Å². The number of esters is 1. The maximum Gasteiger partial charge on any atom is 0.305 e. The standard InChI is InChI=1S/C12H23NO5S/c1-12(15)6-4-8-13(9-7-12)19(16,17)10-3-5-11(14)18-2/h15H,3-10H2,1-2H3. The Morgan fingerprint density at radius 2 is 2.05 bits per heavy atom. The van der Waals surface area contributed by atoms with Crippen molar-refractivity contribution in [2.45, 2.75) is 44.6 Å². The lowest BCUT2D eigenvalue weighted by molar-refractivity contribution is -0.140. The van der Waals surface area contributed by atoms with Crippen LogP contribution in [-0.2, 0) is 19.6 Å². The monoisotopic (exact) mass is 293 g/mol. The number of nitrogens with zero attached hydrogens (tertiary/aromatic N) is 1. The minimum absolute atomic E-state index is 0.0513. The third-order valence-electron chi connectivity index (χ3n) is 3.43. The van der Waals surface area contributed by atoms with Crippen LogP contribution in [-0.4, -0.2) is 55.4 Å². The molecule has 0 aromatic carbocycles. The molecular formula is C12H23NO5S. The van der Waals surface area contributed by atoms with E-state index in [4.69, 9.17) is 0 Å². The Labute approximate surface area is 114 Å². The van der Waals surface area contributed by atoms with Gasteiger partial charge in [-0.05, 0) is 32.6 Å². The van der Waals surface area contributed by atoms with Gasteiger partial charge in [-0.1, -0.05) is 0 Å². The van der Waals surface area contributed by atoms with Crippen molar-refractivity contribution >= 4 is 16.0 Å². The van der Waals surface area contributed by atoms with Gasteiger partial charge in [0.1, 0.15) is 0 Å². The Bertz CT molecular complexity index is 404. The molecule has 1 aliphatic heterocycles. The van der Waals surface area contributed by atoms with Gasteiger partial charge in [-0.3, -0.25) is 4.79 Å². The van der Waals surface area contributed by atoms with Crippen molar-refractivity contribution in [2.75, 3.05) is 26.0 Å². The second-order valence-electron chi connectivity index (χ2n) is 5.25. The fourth-order valence-electron chi connectivity index (χ4n) is 2.15. The summed E-state index contributed by atoms with van der Waals surface area (Å²) >= 11 is 0. The van der Waals surface area contributed by atoms with Gasteiger partial charge in [0.05, 0.1) is 18.5 Å². The molecule has 0 aliphatic carbocycles. The van der Waals surface area contributed by atoms with E-state index in [-0.39, 0.29) is 18.6 Å². The summed E-state index contributed by atoms with van der Waals surface area (Å²) in [6.07, 6.45) is 2.09. The van der Waals surface area contributed by atoms with Gasteiger partial charge in [0, 0.05) is 19.5 Å². The van der Waals surface area contributed by atoms with Gasteiger partial charge >= 0.3 is 5.97 Å². The zero-order valence-corrected chi connectivity index (χ0v) is 12.4. The summed E-state index contributed by atoms with van der Waals surface area (Å²) in [5.41, 5.74) is -0.781. The summed E-state index contributed by atoms with van der Waals surface area (Å²) in [6, 6.07) is 0. The number of hydrogen-bond donors (Lipinski definition) is 1. The lowest BCUT2D eigenvalue weighted by Gasteiger charge is -2.22. The molecule has 1 atom stereocenters. The highest BCUT2D eigenvalue weighted by molar-refractivity contribution is 7.89. The number of carbonyl (C=O) groups excluding carboxylic acids is 1. The average molecular weight is 293 g/mol. The molecule has 1 unspecified atom stereocenters. The largest absolute Gasteiger partial charge is 0.469 e. The van der Waals surface area contributed by atoms with E-state index < -0.39 is 21.6 Å². The molecule has 0 radical (unpaired) electrons. The maximum absolute atomic E-state index is 12.1. The van der Waals surface area contributed by atoms with Crippen LogP contribution in [0.4, 0.5) is 0 Å². The van der Waals surface area contributed by atoms with E-state index in [1.54, 1.807) is 6.92 Å². The van der Waals surface area contributed by atoms with Gasteiger partial charge < -0.3 is 9.84 Å². The van der Waals surface area contributed by atoms with Gasteiger partial charge in [0.15, 0.2) is 0 Å². The van der Waals surface area contributed by atoms with Crippen molar-refractivity contribution in [1.82, 2.24) is 4.31 Å². The quantitative estimate of drug-likeness (QED) is 0.747. The second-order valence-corrected chi connectivity index (χ2v) is 7.33. The molecule has 1 saturated heterocycles. The van der Waals surface area contributed by atoms with Crippen molar-refractivity contribution in [3.05, 3.63) is 0 Å². The molecule has 19 heavy (non-hydrogen) atoms. The van der Waals surface area contributed by atoms with E-state index in [0.29, 0.717) is 32.4 Å². The molecule has 6 nitrogen and oxygen atoms in total. The highest BCUT2D eigenvalue weighted by atomic mass is 32.2. The fraction of sp³-hybridized carbons (Fsp3) is 0.917. The molecule has 1 rings (SSSR count). The molecule has 0 bridgehead atoms. The summed E-state index contributed by atoms with van der Waals surface area (Å²) in [7, 11) is -2.06. The van der Waals surface area contributed by atoms with Crippen LogP contribution in [0.1, 0.15) is 39.0 Å². The third-order valence-corrected chi connectivity index (χ3v) is 5.38. The van der Waals surface area contributed by atoms with Crippen molar-refractivity contribution in [3.63, 3.8) is 0 Å². The van der Waals surface area contributed by atoms with Crippen molar-refractivity contribution in [1.29, 1.82) is 0 Å². The van der Waals surface area contributed by atoms with E-state index in [1.807, 2.05) is 0 Å². The van der Waals surface area contributed by atoms with Crippen LogP contribution >= 0.6 is 0 Å². The van der Waals surface area contributed by atoms with Crippen molar-refractivity contribution < 1.29 is 23.1 Å². The predicted molar refractivity (Wildman–Crippen MR) is 71.1 cm³/mol. The normalized spacial score (nSPS) is 25.8. The molecule has 1 heterocycles. The summed E-state index contributed by atoms with van der Waals surface area (Å²) in [5.74, 6) is -0.446. The Morgan fingerprint density at radius 1 is 1.37 bits per heavy atom. The lowest BCUT2D eigenvalue weighted by atomic mass is 9.98. The van der Waals surface area contributed by atoms with Crippen molar-refractivity contribution in [2.24, 2.45) is 0 Å². The van der Waals surface area contributed by atoms with Gasteiger partial charge in [-0.15, -0.1) is 0 Å². The predicted octanol–water partition coefficient (Wildman–Crippen LogP) is 0.506. The number of ether oxygens (including phenoxy) is 1. The molecule has 7 heteroatoms. The zero-order valence-electron chi connectivity index (χ0n) is 11.6. The Hall–Kier alpha value is -0.660. The maximum atomic E-state index is 12.1. The highest BCUT2D eigenvalue weighted by Crippen LogP contribution is 2.23. The molecule has 0 aromatic rings. The minimum atomic E-state index is -3.35. The molecular weight excluding hydrogens is 270 g/mol. The Morgan fingerprint density at radius 3 is 2.68 bits per heavy atom. The van der Waals surface area contributed by atoms with Crippen LogP contribution in [0.2, 0.25) is 0 Å². The van der Waals surface area contributed by atoms with Crippen LogP contribution in [0, 0.1) is 0 Å². The molecule has 112 valence electrons. The summed E-state index contributed by atoms with van der Waals surface area (Å²) in [5, 5.41) is 9.94. The first-order valence-electron chi connectivity index (χ1n) is 6.54. The summed E-state index contributed by atoms with van der Waals surface area (Å²) in [4.78, 5) is 11.0. The molecule has 1 N–H and O–H groups in total. The number of hydrogen-bond acceptors (Lipinski definition) is 5. The Balaban J connectivity index is 2.50. The van der Waals surface area contributed by atoms with E-state index in [2.05, 4.69) is 4.74 Å². The fourth-order valence-corrected chi connectivity index (χ4v) is 3.69. The molecule has 0 saturated carbocycles. The van der Waals surface area contributed by atoms with E-state index >= 15 is 0 Å². The van der Waals surface area contributed by atoms with Crippen LogP contribution < -0.4 is 0 Å². The topological polar surface area (TPSA) is 83.9 Å². The lowest BCUT2D eigenvalue weighted by Crippen LogP contribution is -2.35. The van der Waals surface area contributed by atoms with E-state index in [9.17, 15) is 18.3 Å². The number of aliphatic hydroxyl groups is 1. The van der Waals surface area contributed by atoms with Crippen LogP contribution in [0.3, 0.4) is 0 Å². The number of sulfonamides is 1. The number of rotatable bonds is 5. The number of methoxy groups -OCH3 is 1. The SMILES string of the molecule is COC(=O)CCCS(=O)(=O)N1CCCC(C)(O)CC1. The van der Waals surface area contributed by atoms with Crippen LogP contribution in [0.5, 0.6) is 0 Å². The van der Waals surface area contributed by atoms with Crippen LogP contribution in [0.25, 0.3) is 0 Å². The van der Waals surface area contributed by atoms with Gasteiger partial charge in [-0.25, -0.2) is 12.7 Å². The number of carbonyl (C=O) groups is 1. The first-order chi connectivity index (χ1) is 8.77. The first-order valence-corrected chi connectivity index (χ1v) is 8.15. The smallest absolute Gasteiger partial charge is 0.305 e. The van der Waals surface area contributed by atoms with Gasteiger partial charge in [-0.2, -0.15) is 0 Å². The second kappa shape index (κ2) is 6.67. The molecule has 1 fully saturated rings. The first kappa shape index (κ1) is 16.4. The molecule has 0 aromatic heterocycles. The van der Waals surface area contributed by atoms with Gasteiger partial charge in [0.25, 0.3) is 0 Å². The van der Waals surface area contributed by atoms with Crippen molar-refractivity contribution in [3.8, 4) is 0 Å². The minimum Gasteiger partial charge on any atom is -0.469 e.